The fraction of sp³-hybridized carbons (Fsp3) is 0.400. The molecule has 0 aliphatic heterocycles. The minimum absolute atomic E-state index is 0.303. The van der Waals surface area contributed by atoms with Crippen molar-refractivity contribution in [1.29, 1.82) is 0 Å². The zero-order chi connectivity index (χ0) is 27.8. The van der Waals surface area contributed by atoms with Crippen LogP contribution in [0.5, 0.6) is 0 Å². The highest BCUT2D eigenvalue weighted by atomic mass is 35.5. The lowest BCUT2D eigenvalue weighted by Crippen LogP contribution is -2.26. The molecule has 0 aliphatic rings. The van der Waals surface area contributed by atoms with Crippen LogP contribution in [0.4, 0.5) is 0 Å². The van der Waals surface area contributed by atoms with Gasteiger partial charge in [-0.25, -0.2) is 4.68 Å². The Morgan fingerprint density at radius 1 is 1.14 bits per heavy atom. The van der Waals surface area contributed by atoms with E-state index in [-0.39, 0.29) is 0 Å². The first-order valence-electron chi connectivity index (χ1n) is 12.6. The molecule has 37 heavy (non-hydrogen) atoms. The van der Waals surface area contributed by atoms with Crippen molar-refractivity contribution in [2.45, 2.75) is 59.8 Å². The highest BCUT2D eigenvalue weighted by Gasteiger charge is 2.12. The van der Waals surface area contributed by atoms with E-state index >= 15 is 0 Å². The Kier molecular flexibility index (Phi) is 15.4. The number of allylic oxidation sites excluding steroid dienone is 5. The van der Waals surface area contributed by atoms with E-state index in [1.54, 1.807) is 10.8 Å². The van der Waals surface area contributed by atoms with Gasteiger partial charge in [-0.15, -0.1) is 28.3 Å². The van der Waals surface area contributed by atoms with E-state index in [0.717, 1.165) is 39.7 Å². The number of halogens is 2. The van der Waals surface area contributed by atoms with Crippen LogP contribution in [-0.2, 0) is 24.1 Å². The summed E-state index contributed by atoms with van der Waals surface area (Å²) in [4.78, 5) is 11.5. The van der Waals surface area contributed by atoms with Crippen molar-refractivity contribution in [1.82, 2.24) is 9.78 Å². The van der Waals surface area contributed by atoms with E-state index in [1.165, 1.54) is 0 Å². The van der Waals surface area contributed by atoms with E-state index in [1.807, 2.05) is 53.1 Å². The molecular weight excluding hydrogens is 503 g/mol. The largest absolute Gasteiger partial charge is 0.296 e. The number of aromatic nitrogens is 2. The smallest absolute Gasteiger partial charge is 0.179 e. The molecule has 0 saturated carbocycles. The van der Waals surface area contributed by atoms with Gasteiger partial charge in [-0.3, -0.25) is 4.79 Å². The van der Waals surface area contributed by atoms with Gasteiger partial charge in [0.05, 0.1) is 6.20 Å². The average Bonchev–Trinajstić information content (AvgIpc) is 2.91. The molecule has 7 heteroatoms. The maximum Gasteiger partial charge on any atom is 0.179 e. The Morgan fingerprint density at radius 2 is 1.78 bits per heavy atom. The molecule has 0 spiro atoms. The molecule has 0 unspecified atom stereocenters. The molecule has 1 aromatic heterocycles. The monoisotopic (exact) mass is 542 g/mol. The van der Waals surface area contributed by atoms with E-state index in [4.69, 9.17) is 23.2 Å². The molecule has 0 radical (unpaired) electrons. The van der Waals surface area contributed by atoms with Crippen LogP contribution in [0.3, 0.4) is 0 Å². The summed E-state index contributed by atoms with van der Waals surface area (Å²) in [6.07, 6.45) is 10.5. The maximum absolute atomic E-state index is 11.5. The molecule has 2 aromatic rings. The van der Waals surface area contributed by atoms with Gasteiger partial charge in [0.25, 0.3) is 0 Å². The normalized spacial score (nSPS) is 12.9. The third kappa shape index (κ3) is 10.6. The van der Waals surface area contributed by atoms with Crippen LogP contribution in [0, 0.1) is 5.92 Å². The van der Waals surface area contributed by atoms with Crippen molar-refractivity contribution in [2.75, 3.05) is 5.88 Å². The van der Waals surface area contributed by atoms with Gasteiger partial charge >= 0.3 is 0 Å². The van der Waals surface area contributed by atoms with Gasteiger partial charge < -0.3 is 0 Å². The lowest BCUT2D eigenvalue weighted by molar-refractivity contribution is -0.102. The third-order valence-corrected chi connectivity index (χ3v) is 6.07. The van der Waals surface area contributed by atoms with Gasteiger partial charge in [0.1, 0.15) is 5.71 Å². The van der Waals surface area contributed by atoms with Crippen molar-refractivity contribution in [3.05, 3.63) is 88.6 Å². The fourth-order valence-electron chi connectivity index (χ4n) is 3.55. The van der Waals surface area contributed by atoms with Crippen molar-refractivity contribution < 1.29 is 4.79 Å². The standard InChI is InChI=1S/C28H34Cl2N4O.C2H6/c1-6-22(16-29)9-7-8-21(4)27-25(15-23-10-12-24(17-30)13-11-23)18-31-34(5)28(27)33-32-26(19-35)14-20(2)3;1-2/h6,8-13,18-20H,1,7,14-17H2,2-5H3;1-2H3/b21-8+,22-9?,32-26-,33-28-;. The molecule has 0 bridgehead atoms. The van der Waals surface area contributed by atoms with Gasteiger partial charge in [0.2, 0.25) is 0 Å². The Bertz CT molecular complexity index is 1170. The lowest BCUT2D eigenvalue weighted by Gasteiger charge is -2.13. The number of carbonyl (C=O) groups excluding carboxylic acids is 1. The number of aldehydes is 1. The number of nitrogens with zero attached hydrogens (tertiary/aromatic N) is 4. The lowest BCUT2D eigenvalue weighted by atomic mass is 9.97. The number of hydrogen-bond donors (Lipinski definition) is 0. The zero-order valence-corrected chi connectivity index (χ0v) is 24.5. The molecule has 200 valence electrons. The summed E-state index contributed by atoms with van der Waals surface area (Å²) < 4.78 is 1.69. The second-order valence-electron chi connectivity index (χ2n) is 8.77. The molecule has 0 fully saturated rings. The van der Waals surface area contributed by atoms with E-state index in [0.29, 0.717) is 48.1 Å². The summed E-state index contributed by atoms with van der Waals surface area (Å²) in [6.45, 7) is 13.9. The van der Waals surface area contributed by atoms with Gasteiger partial charge in [0, 0.05) is 24.4 Å². The number of carbonyl (C=O) groups is 1. The van der Waals surface area contributed by atoms with Crippen LogP contribution in [0.1, 0.15) is 69.7 Å². The zero-order valence-electron chi connectivity index (χ0n) is 23.0. The molecule has 1 heterocycles. The average molecular weight is 544 g/mol. The van der Waals surface area contributed by atoms with Gasteiger partial charge in [-0.2, -0.15) is 10.2 Å². The van der Waals surface area contributed by atoms with Crippen LogP contribution >= 0.6 is 23.2 Å². The predicted molar refractivity (Wildman–Crippen MR) is 159 cm³/mol. The second-order valence-corrected chi connectivity index (χ2v) is 9.30. The SMILES string of the molecule is C=CC(=CC/C=C(\C)c1c(Cc2ccc(CCl)cc2)cnn(C)/c1=N\N=C(/C=O)CC(C)C)CCl.CC. The molecule has 2 rings (SSSR count). The van der Waals surface area contributed by atoms with Crippen LogP contribution in [0.15, 0.2) is 71.0 Å². The first-order chi connectivity index (χ1) is 17.8. The minimum atomic E-state index is 0.303. The first-order valence-corrected chi connectivity index (χ1v) is 13.7. The molecule has 0 atom stereocenters. The van der Waals surface area contributed by atoms with Crippen molar-refractivity contribution in [3.63, 3.8) is 0 Å². The highest BCUT2D eigenvalue weighted by molar-refractivity contribution is 6.28. The number of rotatable bonds is 12. The number of benzene rings is 1. The van der Waals surface area contributed by atoms with Gasteiger partial charge in [-0.1, -0.05) is 76.8 Å². The molecule has 5 nitrogen and oxygen atoms in total. The minimum Gasteiger partial charge on any atom is -0.296 e. The topological polar surface area (TPSA) is 59.6 Å². The number of alkyl halides is 2. The molecule has 0 saturated heterocycles. The van der Waals surface area contributed by atoms with E-state index in [9.17, 15) is 4.79 Å². The van der Waals surface area contributed by atoms with Crippen LogP contribution < -0.4 is 5.49 Å². The highest BCUT2D eigenvalue weighted by Crippen LogP contribution is 2.20. The Balaban J connectivity index is 0.00000334. The van der Waals surface area contributed by atoms with Crippen LogP contribution in [0.25, 0.3) is 5.57 Å². The molecule has 0 amide bonds. The third-order valence-electron chi connectivity index (χ3n) is 5.45. The van der Waals surface area contributed by atoms with Crippen LogP contribution in [-0.4, -0.2) is 27.7 Å². The fourth-order valence-corrected chi connectivity index (χ4v) is 3.95. The maximum atomic E-state index is 11.5. The predicted octanol–water partition coefficient (Wildman–Crippen LogP) is 7.42. The number of aryl methyl sites for hydroxylation is 1. The van der Waals surface area contributed by atoms with Crippen molar-refractivity contribution in [3.8, 4) is 0 Å². The molecular formula is C30H40Cl2N4O. The summed E-state index contributed by atoms with van der Waals surface area (Å²) in [6, 6.07) is 8.23. The summed E-state index contributed by atoms with van der Waals surface area (Å²) >= 11 is 11.9. The van der Waals surface area contributed by atoms with Gasteiger partial charge in [0.15, 0.2) is 11.8 Å². The summed E-state index contributed by atoms with van der Waals surface area (Å²) in [5.41, 5.74) is 7.21. The summed E-state index contributed by atoms with van der Waals surface area (Å²) in [7, 11) is 1.83. The Morgan fingerprint density at radius 3 is 2.32 bits per heavy atom. The van der Waals surface area contributed by atoms with Crippen LogP contribution in [0.2, 0.25) is 0 Å². The van der Waals surface area contributed by atoms with E-state index < -0.39 is 0 Å². The Hall–Kier alpha value is -2.76. The van der Waals surface area contributed by atoms with Gasteiger partial charge in [-0.05, 0) is 59.9 Å². The summed E-state index contributed by atoms with van der Waals surface area (Å²) in [5.74, 6) is 1.20. The van der Waals surface area contributed by atoms with Crippen molar-refractivity contribution >= 4 is 40.8 Å². The number of hydrogen-bond acceptors (Lipinski definition) is 4. The van der Waals surface area contributed by atoms with Crippen molar-refractivity contribution in [2.24, 2.45) is 23.2 Å². The van der Waals surface area contributed by atoms with E-state index in [2.05, 4.69) is 53.1 Å². The second kappa shape index (κ2) is 17.7. The summed E-state index contributed by atoms with van der Waals surface area (Å²) in [5, 5.41) is 13.3. The molecule has 0 N–H and O–H groups in total. The Labute approximate surface area is 232 Å². The quantitative estimate of drug-likeness (QED) is 0.0920. The first kappa shape index (κ1) is 32.3. The molecule has 1 aromatic carbocycles. The molecule has 0 aliphatic carbocycles.